The van der Waals surface area contributed by atoms with Crippen molar-refractivity contribution in [2.45, 2.75) is 18.9 Å². The summed E-state index contributed by atoms with van der Waals surface area (Å²) in [6, 6.07) is 13.4. The zero-order valence-electron chi connectivity index (χ0n) is 13.6. The average molecular weight is 335 g/mol. The predicted octanol–water partition coefficient (Wildman–Crippen LogP) is 4.55. The van der Waals surface area contributed by atoms with Crippen molar-refractivity contribution in [1.29, 1.82) is 0 Å². The Morgan fingerprint density at radius 1 is 1.00 bits per heavy atom. The van der Waals surface area contributed by atoms with Gasteiger partial charge in [0.25, 0.3) is 0 Å². The van der Waals surface area contributed by atoms with Crippen LogP contribution in [0.5, 0.6) is 0 Å². The molecule has 24 heavy (non-hydrogen) atoms. The van der Waals surface area contributed by atoms with E-state index in [2.05, 4.69) is 63.0 Å². The number of benzene rings is 1. The molecule has 3 nitrogen and oxygen atoms in total. The number of fused-ring (bicyclic) bond motifs is 3. The van der Waals surface area contributed by atoms with E-state index in [1.54, 1.807) is 11.3 Å². The van der Waals surface area contributed by atoms with Crippen LogP contribution in [0.4, 0.5) is 0 Å². The highest BCUT2D eigenvalue weighted by Gasteiger charge is 2.36. The second-order valence-electron chi connectivity index (χ2n) is 6.93. The lowest BCUT2D eigenvalue weighted by atomic mass is 9.83. The topological polar surface area (TPSA) is 21.1 Å². The summed E-state index contributed by atoms with van der Waals surface area (Å²) < 4.78 is 2.47. The molecule has 122 valence electrons. The van der Waals surface area contributed by atoms with Crippen LogP contribution in [0.2, 0.25) is 0 Å². The highest BCUT2D eigenvalue weighted by atomic mass is 32.1. The van der Waals surface area contributed by atoms with Crippen LogP contribution in [-0.2, 0) is 0 Å². The molecule has 1 atom stereocenters. The molecule has 2 bridgehead atoms. The number of hydrogen-bond donors (Lipinski definition) is 0. The third kappa shape index (κ3) is 2.33. The van der Waals surface area contributed by atoms with Gasteiger partial charge in [0, 0.05) is 23.1 Å². The Kier molecular flexibility index (Phi) is 3.53. The molecule has 6 rings (SSSR count). The van der Waals surface area contributed by atoms with Gasteiger partial charge in [-0.2, -0.15) is 11.3 Å². The molecule has 0 aliphatic carbocycles. The van der Waals surface area contributed by atoms with Crippen LogP contribution in [0.25, 0.3) is 22.5 Å². The van der Waals surface area contributed by atoms with Gasteiger partial charge in [-0.15, -0.1) is 0 Å². The lowest BCUT2D eigenvalue weighted by molar-refractivity contribution is 0.0577. The molecule has 1 aromatic carbocycles. The van der Waals surface area contributed by atoms with Gasteiger partial charge in [0.15, 0.2) is 0 Å². The molecule has 0 radical (unpaired) electrons. The molecule has 4 heteroatoms. The minimum Gasteiger partial charge on any atom is -0.325 e. The summed E-state index contributed by atoms with van der Waals surface area (Å²) in [6.07, 6.45) is 4.74. The summed E-state index contributed by atoms with van der Waals surface area (Å²) in [5.41, 5.74) is 4.91. The first-order chi connectivity index (χ1) is 11.9. The third-order valence-electron chi connectivity index (χ3n) is 5.61. The van der Waals surface area contributed by atoms with Crippen LogP contribution in [0.1, 0.15) is 18.9 Å². The van der Waals surface area contributed by atoms with E-state index in [0.29, 0.717) is 6.04 Å². The van der Waals surface area contributed by atoms with E-state index in [4.69, 9.17) is 4.98 Å². The van der Waals surface area contributed by atoms with Gasteiger partial charge in [-0.05, 0) is 43.3 Å². The van der Waals surface area contributed by atoms with Crippen molar-refractivity contribution >= 4 is 11.3 Å². The average Bonchev–Trinajstić information content (AvgIpc) is 3.32. The number of piperidine rings is 3. The van der Waals surface area contributed by atoms with E-state index in [0.717, 1.165) is 11.6 Å². The van der Waals surface area contributed by atoms with E-state index in [1.165, 1.54) is 49.3 Å². The van der Waals surface area contributed by atoms with E-state index in [1.807, 2.05) is 0 Å². The molecule has 0 amide bonds. The van der Waals surface area contributed by atoms with Gasteiger partial charge in [0.2, 0.25) is 0 Å². The van der Waals surface area contributed by atoms with Gasteiger partial charge in [0.05, 0.1) is 23.8 Å². The Morgan fingerprint density at radius 2 is 1.83 bits per heavy atom. The van der Waals surface area contributed by atoms with Gasteiger partial charge in [-0.3, -0.25) is 0 Å². The molecule has 3 saturated heterocycles. The second-order valence-corrected chi connectivity index (χ2v) is 7.71. The van der Waals surface area contributed by atoms with Gasteiger partial charge < -0.3 is 9.47 Å². The number of imidazole rings is 1. The summed E-state index contributed by atoms with van der Waals surface area (Å²) in [7, 11) is 0. The lowest BCUT2D eigenvalue weighted by Gasteiger charge is -2.45. The minimum absolute atomic E-state index is 0.562. The molecule has 0 N–H and O–H groups in total. The Morgan fingerprint density at radius 3 is 2.50 bits per heavy atom. The fourth-order valence-corrected chi connectivity index (χ4v) is 4.99. The molecule has 2 aromatic heterocycles. The Balaban J connectivity index is 1.65. The smallest absolute Gasteiger partial charge is 0.0963 e. The molecule has 3 aromatic rings. The van der Waals surface area contributed by atoms with Crippen molar-refractivity contribution in [2.75, 3.05) is 19.6 Å². The first-order valence-electron chi connectivity index (χ1n) is 8.77. The maximum atomic E-state index is 4.85. The SMILES string of the molecule is c1ccc(-c2ncn(C3CN4CCC3CC4)c2-c2ccsc2)cc1. The minimum atomic E-state index is 0.562. The highest BCUT2D eigenvalue weighted by molar-refractivity contribution is 7.08. The van der Waals surface area contributed by atoms with E-state index < -0.39 is 0 Å². The number of thiophene rings is 1. The molecule has 3 aliphatic rings. The Bertz CT molecular complexity index is 814. The van der Waals surface area contributed by atoms with E-state index in [-0.39, 0.29) is 0 Å². The maximum absolute atomic E-state index is 4.85. The zero-order valence-corrected chi connectivity index (χ0v) is 14.5. The number of rotatable bonds is 3. The second kappa shape index (κ2) is 5.87. The summed E-state index contributed by atoms with van der Waals surface area (Å²) >= 11 is 1.76. The fraction of sp³-hybridized carbons (Fsp3) is 0.350. The standard InChI is InChI=1S/C20H21N3S/c1-2-4-16(5-3-1)19-20(17-8-11-24-13-17)23(14-21-19)18-12-22-9-6-15(18)7-10-22/h1-5,8,11,13-15,18H,6-7,9-10,12H2. The maximum Gasteiger partial charge on any atom is 0.0963 e. The van der Waals surface area contributed by atoms with Crippen molar-refractivity contribution in [3.63, 3.8) is 0 Å². The molecular formula is C20H21N3S. The van der Waals surface area contributed by atoms with Crippen molar-refractivity contribution in [2.24, 2.45) is 5.92 Å². The zero-order chi connectivity index (χ0) is 15.9. The lowest BCUT2D eigenvalue weighted by Crippen LogP contribution is -2.48. The summed E-state index contributed by atoms with van der Waals surface area (Å²) in [5, 5.41) is 4.42. The van der Waals surface area contributed by atoms with E-state index in [9.17, 15) is 0 Å². The molecule has 3 fully saturated rings. The molecule has 5 heterocycles. The molecule has 0 saturated carbocycles. The van der Waals surface area contributed by atoms with Crippen LogP contribution in [0.15, 0.2) is 53.5 Å². The monoisotopic (exact) mass is 335 g/mol. The quantitative estimate of drug-likeness (QED) is 0.700. The Labute approximate surface area is 146 Å². The van der Waals surface area contributed by atoms with Crippen molar-refractivity contribution in [3.05, 3.63) is 53.5 Å². The molecule has 0 spiro atoms. The number of nitrogens with zero attached hydrogens (tertiary/aromatic N) is 3. The molecule has 1 unspecified atom stereocenters. The fourth-order valence-electron chi connectivity index (χ4n) is 4.35. The van der Waals surface area contributed by atoms with Gasteiger partial charge >= 0.3 is 0 Å². The van der Waals surface area contributed by atoms with Crippen molar-refractivity contribution in [1.82, 2.24) is 14.5 Å². The van der Waals surface area contributed by atoms with Crippen LogP contribution in [-0.4, -0.2) is 34.1 Å². The normalized spacial score (nSPS) is 25.9. The van der Waals surface area contributed by atoms with Gasteiger partial charge in [-0.1, -0.05) is 30.3 Å². The number of aromatic nitrogens is 2. The summed E-state index contributed by atoms with van der Waals surface area (Å²) in [5.74, 6) is 0.796. The van der Waals surface area contributed by atoms with Crippen molar-refractivity contribution < 1.29 is 0 Å². The Hall–Kier alpha value is -1.91. The van der Waals surface area contributed by atoms with E-state index >= 15 is 0 Å². The molecule has 3 aliphatic heterocycles. The van der Waals surface area contributed by atoms with Crippen molar-refractivity contribution in [3.8, 4) is 22.5 Å². The van der Waals surface area contributed by atoms with Crippen LogP contribution < -0.4 is 0 Å². The summed E-state index contributed by atoms with van der Waals surface area (Å²) in [4.78, 5) is 7.47. The predicted molar refractivity (Wildman–Crippen MR) is 99.2 cm³/mol. The van der Waals surface area contributed by atoms with Gasteiger partial charge in [0.1, 0.15) is 0 Å². The first kappa shape index (κ1) is 14.4. The number of hydrogen-bond acceptors (Lipinski definition) is 3. The van der Waals surface area contributed by atoms with Crippen LogP contribution in [0, 0.1) is 5.92 Å². The largest absolute Gasteiger partial charge is 0.325 e. The third-order valence-corrected chi connectivity index (χ3v) is 6.30. The van der Waals surface area contributed by atoms with Gasteiger partial charge in [-0.25, -0.2) is 4.98 Å². The first-order valence-corrected chi connectivity index (χ1v) is 9.71. The van der Waals surface area contributed by atoms with Crippen LogP contribution >= 0.6 is 11.3 Å². The van der Waals surface area contributed by atoms with Crippen LogP contribution in [0.3, 0.4) is 0 Å². The molecular weight excluding hydrogens is 314 g/mol. The summed E-state index contributed by atoms with van der Waals surface area (Å²) in [6.45, 7) is 3.72. The highest BCUT2D eigenvalue weighted by Crippen LogP contribution is 2.41.